The minimum Gasteiger partial charge on any atom is -0.351 e. The van der Waals surface area contributed by atoms with E-state index in [-0.39, 0.29) is 17.4 Å². The molecule has 4 aliphatic rings. The average molecular weight is 504 g/mol. The van der Waals surface area contributed by atoms with Crippen molar-refractivity contribution in [2.45, 2.75) is 74.9 Å². The van der Waals surface area contributed by atoms with Crippen molar-refractivity contribution in [2.24, 2.45) is 17.1 Å². The maximum absolute atomic E-state index is 15.1. The van der Waals surface area contributed by atoms with E-state index >= 15 is 8.78 Å². The van der Waals surface area contributed by atoms with E-state index in [2.05, 4.69) is 16.3 Å². The SMILES string of the molecule is N#CC1(NC(=O)[C@@H](CCC(F)(F)c2ccc(F)cc2)C2N(C(N)=O)CC23CCN(C2CC2)CC3)CC1. The van der Waals surface area contributed by atoms with E-state index in [1.165, 1.54) is 17.7 Å². The number of urea groups is 1. The monoisotopic (exact) mass is 503 g/mol. The summed E-state index contributed by atoms with van der Waals surface area (Å²) in [5.74, 6) is -5.31. The summed E-state index contributed by atoms with van der Waals surface area (Å²) in [6.07, 6.45) is 4.08. The maximum Gasteiger partial charge on any atom is 0.315 e. The summed E-state index contributed by atoms with van der Waals surface area (Å²) in [5.41, 5.74) is 4.01. The molecule has 1 unspecified atom stereocenters. The van der Waals surface area contributed by atoms with Crippen LogP contribution in [-0.4, -0.2) is 59.0 Å². The zero-order chi connectivity index (χ0) is 25.7. The van der Waals surface area contributed by atoms with Gasteiger partial charge in [0, 0.05) is 30.0 Å². The van der Waals surface area contributed by atoms with Crippen molar-refractivity contribution in [3.05, 3.63) is 35.6 Å². The number of nitriles is 1. The van der Waals surface area contributed by atoms with E-state index in [0.717, 1.165) is 50.2 Å². The van der Waals surface area contributed by atoms with Gasteiger partial charge in [0.1, 0.15) is 11.4 Å². The Labute approximate surface area is 208 Å². The molecule has 0 bridgehead atoms. The number of carbonyl (C=O) groups is 2. The first-order valence-corrected chi connectivity index (χ1v) is 12.8. The molecule has 194 valence electrons. The second-order valence-corrected chi connectivity index (χ2v) is 11.1. The number of alkyl halides is 2. The van der Waals surface area contributed by atoms with Crippen LogP contribution in [0.2, 0.25) is 0 Å². The van der Waals surface area contributed by atoms with E-state index in [0.29, 0.717) is 25.4 Å². The number of nitrogens with two attached hydrogens (primary N) is 1. The lowest BCUT2D eigenvalue weighted by Crippen LogP contribution is -2.73. The fraction of sp³-hybridized carbons (Fsp3) is 0.654. The molecule has 2 aliphatic carbocycles. The van der Waals surface area contributed by atoms with E-state index in [4.69, 9.17) is 5.73 Å². The normalized spacial score (nSPS) is 25.5. The van der Waals surface area contributed by atoms with Gasteiger partial charge in [-0.05, 0) is 70.2 Å². The standard InChI is InChI=1S/C26H32F3N5O2/c27-18-3-1-17(2-4-18)26(28,29)8-7-20(22(35)32-25(15-30)9-10-25)21-24(16-34(21)23(31)36)11-13-33(14-12-24)19-5-6-19/h1-4,19-21H,5-14,16H2,(H2,31,36)(H,32,35)/t20-,21?/m0/s1. The highest BCUT2D eigenvalue weighted by Crippen LogP contribution is 2.52. The molecule has 10 heteroatoms. The maximum atomic E-state index is 15.1. The fourth-order valence-corrected chi connectivity index (χ4v) is 6.16. The zero-order valence-electron chi connectivity index (χ0n) is 20.2. The van der Waals surface area contributed by atoms with Gasteiger partial charge in [0.05, 0.1) is 18.0 Å². The molecule has 3 amide bonds. The summed E-state index contributed by atoms with van der Waals surface area (Å²) in [6.45, 7) is 2.10. The molecule has 2 aliphatic heterocycles. The third-order valence-corrected chi connectivity index (χ3v) is 8.67. The van der Waals surface area contributed by atoms with Gasteiger partial charge in [-0.15, -0.1) is 0 Å². The molecule has 2 saturated heterocycles. The quantitative estimate of drug-likeness (QED) is 0.567. The summed E-state index contributed by atoms with van der Waals surface area (Å²) in [7, 11) is 0. The predicted molar refractivity (Wildman–Crippen MR) is 125 cm³/mol. The van der Waals surface area contributed by atoms with Crippen LogP contribution in [0.15, 0.2) is 24.3 Å². The van der Waals surface area contributed by atoms with E-state index in [1.807, 2.05) is 0 Å². The van der Waals surface area contributed by atoms with Crippen molar-refractivity contribution in [3.63, 3.8) is 0 Å². The lowest BCUT2D eigenvalue weighted by Gasteiger charge is -2.62. The van der Waals surface area contributed by atoms with Gasteiger partial charge in [-0.1, -0.05) is 12.1 Å². The number of amides is 3. The number of likely N-dealkylation sites (tertiary alicyclic amines) is 2. The van der Waals surface area contributed by atoms with Crippen LogP contribution >= 0.6 is 0 Å². The molecular formula is C26H32F3N5O2. The molecule has 3 N–H and O–H groups in total. The zero-order valence-corrected chi connectivity index (χ0v) is 20.2. The highest BCUT2D eigenvalue weighted by atomic mass is 19.3. The molecule has 2 atom stereocenters. The molecule has 2 saturated carbocycles. The number of rotatable bonds is 8. The number of halogens is 3. The number of carbonyl (C=O) groups excluding carboxylic acids is 2. The topological polar surface area (TPSA) is 102 Å². The molecule has 5 rings (SSSR count). The van der Waals surface area contributed by atoms with Gasteiger partial charge in [-0.25, -0.2) is 18.0 Å². The number of benzene rings is 1. The fourth-order valence-electron chi connectivity index (χ4n) is 6.16. The molecular weight excluding hydrogens is 471 g/mol. The number of primary amides is 1. The Balaban J connectivity index is 1.39. The number of piperidine rings is 1. The Kier molecular flexibility index (Phi) is 6.18. The molecule has 1 aromatic rings. The van der Waals surface area contributed by atoms with Gasteiger partial charge in [0.2, 0.25) is 5.91 Å². The summed E-state index contributed by atoms with van der Waals surface area (Å²) in [4.78, 5) is 29.7. The van der Waals surface area contributed by atoms with Crippen LogP contribution in [0.1, 0.15) is 56.9 Å². The molecule has 2 heterocycles. The summed E-state index contributed by atoms with van der Waals surface area (Å²) < 4.78 is 43.5. The van der Waals surface area contributed by atoms with Crippen LogP contribution in [0.3, 0.4) is 0 Å². The van der Waals surface area contributed by atoms with Gasteiger partial charge in [-0.2, -0.15) is 5.26 Å². The van der Waals surface area contributed by atoms with Gasteiger partial charge >= 0.3 is 6.03 Å². The highest BCUT2D eigenvalue weighted by molar-refractivity contribution is 5.83. The summed E-state index contributed by atoms with van der Waals surface area (Å²) in [5, 5.41) is 12.3. The Morgan fingerprint density at radius 1 is 1.17 bits per heavy atom. The third-order valence-electron chi connectivity index (χ3n) is 8.67. The van der Waals surface area contributed by atoms with Gasteiger partial charge in [0.15, 0.2) is 0 Å². The Hall–Kier alpha value is -2.80. The number of nitrogens with one attached hydrogen (secondary N) is 1. The minimum atomic E-state index is -3.29. The highest BCUT2D eigenvalue weighted by Gasteiger charge is 2.60. The van der Waals surface area contributed by atoms with Crippen molar-refractivity contribution in [3.8, 4) is 6.07 Å². The van der Waals surface area contributed by atoms with Crippen molar-refractivity contribution in [1.29, 1.82) is 5.26 Å². The molecule has 0 aromatic heterocycles. The van der Waals surface area contributed by atoms with Gasteiger partial charge < -0.3 is 20.9 Å². The van der Waals surface area contributed by atoms with Crippen molar-refractivity contribution in [1.82, 2.24) is 15.1 Å². The van der Waals surface area contributed by atoms with E-state index in [9.17, 15) is 19.2 Å². The lowest BCUT2D eigenvalue weighted by atomic mass is 9.60. The molecule has 7 nitrogen and oxygen atoms in total. The Bertz CT molecular complexity index is 1060. The van der Waals surface area contributed by atoms with Crippen LogP contribution in [-0.2, 0) is 10.7 Å². The predicted octanol–water partition coefficient (Wildman–Crippen LogP) is 3.49. The van der Waals surface area contributed by atoms with Crippen LogP contribution in [0.5, 0.6) is 0 Å². The molecule has 0 radical (unpaired) electrons. The van der Waals surface area contributed by atoms with E-state index < -0.39 is 47.6 Å². The van der Waals surface area contributed by atoms with Crippen LogP contribution < -0.4 is 11.1 Å². The summed E-state index contributed by atoms with van der Waals surface area (Å²) >= 11 is 0. The molecule has 36 heavy (non-hydrogen) atoms. The second-order valence-electron chi connectivity index (χ2n) is 11.1. The van der Waals surface area contributed by atoms with Crippen molar-refractivity contribution >= 4 is 11.9 Å². The minimum absolute atomic E-state index is 0.194. The summed E-state index contributed by atoms with van der Waals surface area (Å²) in [6, 6.07) is 5.53. The van der Waals surface area contributed by atoms with Crippen molar-refractivity contribution in [2.75, 3.05) is 19.6 Å². The number of hydrogen-bond acceptors (Lipinski definition) is 4. The van der Waals surface area contributed by atoms with Gasteiger partial charge in [-0.3, -0.25) is 4.79 Å². The van der Waals surface area contributed by atoms with Crippen LogP contribution in [0.25, 0.3) is 0 Å². The second kappa shape index (κ2) is 8.94. The molecule has 1 aromatic carbocycles. The Morgan fingerprint density at radius 2 is 1.81 bits per heavy atom. The first kappa shape index (κ1) is 24.9. The van der Waals surface area contributed by atoms with Crippen LogP contribution in [0, 0.1) is 28.5 Å². The molecule has 4 fully saturated rings. The first-order chi connectivity index (χ1) is 17.1. The Morgan fingerprint density at radius 3 is 2.33 bits per heavy atom. The van der Waals surface area contributed by atoms with Crippen LogP contribution in [0.4, 0.5) is 18.0 Å². The van der Waals surface area contributed by atoms with Gasteiger partial charge in [0.25, 0.3) is 5.92 Å². The lowest BCUT2D eigenvalue weighted by molar-refractivity contribution is -0.146. The average Bonchev–Trinajstić information content (AvgIpc) is 3.76. The van der Waals surface area contributed by atoms with Crippen molar-refractivity contribution < 1.29 is 22.8 Å². The number of nitrogens with zero attached hydrogens (tertiary/aromatic N) is 3. The number of hydrogen-bond donors (Lipinski definition) is 2. The smallest absolute Gasteiger partial charge is 0.315 e. The first-order valence-electron chi connectivity index (χ1n) is 12.8. The van der Waals surface area contributed by atoms with E-state index in [1.54, 1.807) is 0 Å². The largest absolute Gasteiger partial charge is 0.351 e. The third kappa shape index (κ3) is 4.65. The molecule has 1 spiro atoms.